The molecule has 2 aromatic carbocycles. The first-order valence-corrected chi connectivity index (χ1v) is 8.16. The zero-order chi connectivity index (χ0) is 17.8. The van der Waals surface area contributed by atoms with E-state index in [9.17, 15) is 10.1 Å². The van der Waals surface area contributed by atoms with Crippen LogP contribution in [0.4, 0.5) is 17.2 Å². The molecule has 0 atom stereocenters. The summed E-state index contributed by atoms with van der Waals surface area (Å²) in [4.78, 5) is 18.7. The molecule has 0 saturated carbocycles. The number of ether oxygens (including phenoxy) is 1. The highest BCUT2D eigenvalue weighted by Gasteiger charge is 2.25. The van der Waals surface area contributed by atoms with Gasteiger partial charge in [0, 0.05) is 4.47 Å². The van der Waals surface area contributed by atoms with Crippen molar-refractivity contribution in [1.82, 2.24) is 9.97 Å². The summed E-state index contributed by atoms with van der Waals surface area (Å²) in [6.07, 6.45) is 1.18. The minimum absolute atomic E-state index is 0.0137. The van der Waals surface area contributed by atoms with E-state index in [0.29, 0.717) is 16.5 Å². The van der Waals surface area contributed by atoms with E-state index in [1.54, 1.807) is 48.5 Å². The number of para-hydroxylation sites is 1. The first-order valence-electron chi connectivity index (χ1n) is 6.99. The van der Waals surface area contributed by atoms with Crippen molar-refractivity contribution in [1.29, 1.82) is 0 Å². The predicted molar refractivity (Wildman–Crippen MR) is 97.6 cm³/mol. The maximum absolute atomic E-state index is 11.5. The Hall–Kier alpha value is -2.71. The molecule has 0 spiro atoms. The summed E-state index contributed by atoms with van der Waals surface area (Å²) in [5, 5.41) is 14.8. The van der Waals surface area contributed by atoms with Crippen molar-refractivity contribution in [3.8, 4) is 11.6 Å². The van der Waals surface area contributed by atoms with Crippen LogP contribution in [-0.4, -0.2) is 14.9 Å². The minimum Gasteiger partial charge on any atom is -0.434 e. The minimum atomic E-state index is -0.604. The number of nitro groups is 1. The molecule has 25 heavy (non-hydrogen) atoms. The third-order valence-electron chi connectivity index (χ3n) is 3.13. The van der Waals surface area contributed by atoms with Gasteiger partial charge in [-0.2, -0.15) is 4.98 Å². The number of benzene rings is 2. The Labute approximate surface area is 155 Å². The Morgan fingerprint density at radius 1 is 1.12 bits per heavy atom. The van der Waals surface area contributed by atoms with E-state index in [1.807, 2.05) is 0 Å². The van der Waals surface area contributed by atoms with Crippen molar-refractivity contribution in [2.24, 2.45) is 0 Å². The topological polar surface area (TPSA) is 90.2 Å². The molecule has 0 bridgehead atoms. The second-order valence-electron chi connectivity index (χ2n) is 4.79. The molecule has 3 aromatic rings. The van der Waals surface area contributed by atoms with Gasteiger partial charge < -0.3 is 10.1 Å². The average Bonchev–Trinajstić information content (AvgIpc) is 2.59. The normalized spacial score (nSPS) is 10.3. The van der Waals surface area contributed by atoms with E-state index < -0.39 is 4.92 Å². The molecule has 126 valence electrons. The number of hydrogen-bond donors (Lipinski definition) is 1. The fraction of sp³-hybridized carbons (Fsp3) is 0. The third kappa shape index (κ3) is 4.04. The van der Waals surface area contributed by atoms with E-state index >= 15 is 0 Å². The van der Waals surface area contributed by atoms with Gasteiger partial charge in [0.15, 0.2) is 0 Å². The molecule has 0 saturated heterocycles. The highest BCUT2D eigenvalue weighted by molar-refractivity contribution is 9.10. The van der Waals surface area contributed by atoms with E-state index in [2.05, 4.69) is 31.2 Å². The molecule has 1 N–H and O–H groups in total. The fourth-order valence-corrected chi connectivity index (χ4v) is 2.45. The van der Waals surface area contributed by atoms with E-state index in [-0.39, 0.29) is 17.4 Å². The SMILES string of the molecule is O=[N+]([O-])c1c(Nc2ccccc2Cl)ncnc1Oc1ccc(Br)cc1. The van der Waals surface area contributed by atoms with Gasteiger partial charge in [-0.05, 0) is 36.4 Å². The summed E-state index contributed by atoms with van der Waals surface area (Å²) in [6, 6.07) is 13.7. The number of rotatable bonds is 5. The van der Waals surface area contributed by atoms with Crippen molar-refractivity contribution >= 4 is 44.7 Å². The highest BCUT2D eigenvalue weighted by Crippen LogP contribution is 2.36. The molecule has 0 aliphatic rings. The van der Waals surface area contributed by atoms with Crippen LogP contribution in [0.25, 0.3) is 0 Å². The Morgan fingerprint density at radius 3 is 2.52 bits per heavy atom. The zero-order valence-corrected chi connectivity index (χ0v) is 14.9. The molecule has 0 radical (unpaired) electrons. The number of anilines is 2. The molecule has 1 heterocycles. The maximum atomic E-state index is 11.5. The van der Waals surface area contributed by atoms with Crippen LogP contribution in [0, 0.1) is 10.1 Å². The fourth-order valence-electron chi connectivity index (χ4n) is 2.00. The molecule has 0 fully saturated rings. The van der Waals surface area contributed by atoms with Crippen LogP contribution in [0.2, 0.25) is 5.02 Å². The monoisotopic (exact) mass is 420 g/mol. The van der Waals surface area contributed by atoms with Gasteiger partial charge in [0.1, 0.15) is 12.1 Å². The lowest BCUT2D eigenvalue weighted by atomic mass is 10.3. The van der Waals surface area contributed by atoms with E-state index in [4.69, 9.17) is 16.3 Å². The highest BCUT2D eigenvalue weighted by atomic mass is 79.9. The van der Waals surface area contributed by atoms with Crippen molar-refractivity contribution in [3.63, 3.8) is 0 Å². The first kappa shape index (κ1) is 17.1. The van der Waals surface area contributed by atoms with Gasteiger partial charge >= 0.3 is 11.6 Å². The second-order valence-corrected chi connectivity index (χ2v) is 6.12. The number of nitrogens with zero attached hydrogens (tertiary/aromatic N) is 3. The van der Waals surface area contributed by atoms with E-state index in [1.165, 1.54) is 6.33 Å². The van der Waals surface area contributed by atoms with Gasteiger partial charge in [-0.3, -0.25) is 10.1 Å². The number of nitrogens with one attached hydrogen (secondary N) is 1. The van der Waals surface area contributed by atoms with Crippen molar-refractivity contribution in [2.75, 3.05) is 5.32 Å². The largest absolute Gasteiger partial charge is 0.434 e. The lowest BCUT2D eigenvalue weighted by molar-refractivity contribution is -0.385. The number of halogens is 2. The standard InChI is InChI=1S/C16H10BrClN4O3/c17-10-5-7-11(8-6-10)25-16-14(22(23)24)15(19-9-20-16)21-13-4-2-1-3-12(13)18/h1-9H,(H,19,20,21). The lowest BCUT2D eigenvalue weighted by Crippen LogP contribution is -2.03. The molecular weight excluding hydrogens is 412 g/mol. The molecular formula is C16H10BrClN4O3. The lowest BCUT2D eigenvalue weighted by Gasteiger charge is -2.10. The van der Waals surface area contributed by atoms with Gasteiger partial charge in [0.05, 0.1) is 15.6 Å². The summed E-state index contributed by atoms with van der Waals surface area (Å²) in [5.41, 5.74) is 0.103. The van der Waals surface area contributed by atoms with Crippen molar-refractivity contribution < 1.29 is 9.66 Å². The van der Waals surface area contributed by atoms with Gasteiger partial charge in [-0.1, -0.05) is 39.7 Å². The van der Waals surface area contributed by atoms with Gasteiger partial charge in [0.2, 0.25) is 5.82 Å². The molecule has 0 aliphatic heterocycles. The number of aromatic nitrogens is 2. The van der Waals surface area contributed by atoms with Crippen molar-refractivity contribution in [2.45, 2.75) is 0 Å². The molecule has 0 aliphatic carbocycles. The Bertz CT molecular complexity index is 922. The van der Waals surface area contributed by atoms with Crippen LogP contribution in [0.1, 0.15) is 0 Å². The summed E-state index contributed by atoms with van der Waals surface area (Å²) >= 11 is 9.39. The first-order chi connectivity index (χ1) is 12.0. The van der Waals surface area contributed by atoms with Crippen LogP contribution >= 0.6 is 27.5 Å². The van der Waals surface area contributed by atoms with Gasteiger partial charge in [0.25, 0.3) is 0 Å². The Kier molecular flexibility index (Phi) is 5.11. The predicted octanol–water partition coefficient (Wildman–Crippen LogP) is 5.34. The Morgan fingerprint density at radius 2 is 1.84 bits per heavy atom. The van der Waals surface area contributed by atoms with Crippen LogP contribution in [-0.2, 0) is 0 Å². The second kappa shape index (κ2) is 7.45. The average molecular weight is 422 g/mol. The van der Waals surface area contributed by atoms with Crippen molar-refractivity contribution in [3.05, 3.63) is 74.5 Å². The van der Waals surface area contributed by atoms with Gasteiger partial charge in [-0.15, -0.1) is 0 Å². The molecule has 0 unspecified atom stereocenters. The maximum Gasteiger partial charge on any atom is 0.373 e. The van der Waals surface area contributed by atoms with Gasteiger partial charge in [-0.25, -0.2) is 4.98 Å². The summed E-state index contributed by atoms with van der Waals surface area (Å²) < 4.78 is 6.41. The summed E-state index contributed by atoms with van der Waals surface area (Å²) in [7, 11) is 0. The quantitative estimate of drug-likeness (QED) is 0.442. The van der Waals surface area contributed by atoms with Crippen LogP contribution in [0.3, 0.4) is 0 Å². The Balaban J connectivity index is 1.98. The summed E-state index contributed by atoms with van der Waals surface area (Å²) in [6.45, 7) is 0. The van der Waals surface area contributed by atoms with Crippen LogP contribution in [0.5, 0.6) is 11.6 Å². The molecule has 9 heteroatoms. The molecule has 3 rings (SSSR count). The molecule has 0 amide bonds. The summed E-state index contributed by atoms with van der Waals surface area (Å²) in [5.74, 6) is 0.228. The van der Waals surface area contributed by atoms with Crippen LogP contribution in [0.15, 0.2) is 59.3 Å². The number of hydrogen-bond acceptors (Lipinski definition) is 6. The van der Waals surface area contributed by atoms with Crippen LogP contribution < -0.4 is 10.1 Å². The zero-order valence-electron chi connectivity index (χ0n) is 12.5. The third-order valence-corrected chi connectivity index (χ3v) is 3.98. The smallest absolute Gasteiger partial charge is 0.373 e. The molecule has 7 nitrogen and oxygen atoms in total. The van der Waals surface area contributed by atoms with E-state index in [0.717, 1.165) is 4.47 Å². The molecule has 1 aromatic heterocycles.